The molecule has 2 aromatic rings. The Balaban J connectivity index is 2.36. The molecule has 94 valence electrons. The summed E-state index contributed by atoms with van der Waals surface area (Å²) in [6.45, 7) is 0. The average molecular weight is 328 g/mol. The first-order chi connectivity index (χ1) is 8.60. The summed E-state index contributed by atoms with van der Waals surface area (Å²) in [7, 11) is 1.61. The fraction of sp³-hybridized carbons (Fsp3) is 0.0769. The molecule has 0 aromatic heterocycles. The minimum atomic E-state index is 0.633. The number of ether oxygens (including phenoxy) is 1. The maximum atomic E-state index is 5.97. The summed E-state index contributed by atoms with van der Waals surface area (Å²) >= 11 is 9.34. The molecule has 0 bridgehead atoms. The second-order valence-electron chi connectivity index (χ2n) is 3.70. The number of hydrogen-bond donors (Lipinski definition) is 2. The Bertz CT molecular complexity index is 575. The zero-order chi connectivity index (χ0) is 13.1. The van der Waals surface area contributed by atoms with Crippen LogP contribution in [-0.4, -0.2) is 7.11 Å². The SMILES string of the molecule is COc1ccc(Cl)cc1Nc1ccc(Br)cc1N. The highest BCUT2D eigenvalue weighted by Crippen LogP contribution is 2.33. The summed E-state index contributed by atoms with van der Waals surface area (Å²) in [6.07, 6.45) is 0. The van der Waals surface area contributed by atoms with Gasteiger partial charge in [0.2, 0.25) is 0 Å². The van der Waals surface area contributed by atoms with Gasteiger partial charge in [-0.15, -0.1) is 0 Å². The first-order valence-electron chi connectivity index (χ1n) is 5.26. The van der Waals surface area contributed by atoms with Crippen LogP contribution in [0.5, 0.6) is 5.75 Å². The molecule has 0 saturated heterocycles. The van der Waals surface area contributed by atoms with E-state index < -0.39 is 0 Å². The van der Waals surface area contributed by atoms with E-state index in [0.717, 1.165) is 15.8 Å². The summed E-state index contributed by atoms with van der Waals surface area (Å²) in [5.74, 6) is 0.710. The molecule has 0 fully saturated rings. The van der Waals surface area contributed by atoms with Gasteiger partial charge in [0.1, 0.15) is 5.75 Å². The van der Waals surface area contributed by atoms with Crippen LogP contribution in [0, 0.1) is 0 Å². The molecule has 0 unspecified atom stereocenters. The van der Waals surface area contributed by atoms with E-state index >= 15 is 0 Å². The number of hydrogen-bond acceptors (Lipinski definition) is 3. The molecule has 2 rings (SSSR count). The van der Waals surface area contributed by atoms with E-state index in [1.807, 2.05) is 18.2 Å². The summed E-state index contributed by atoms with van der Waals surface area (Å²) in [6, 6.07) is 11.0. The zero-order valence-corrected chi connectivity index (χ0v) is 12.0. The Morgan fingerprint density at radius 3 is 2.61 bits per heavy atom. The first-order valence-corrected chi connectivity index (χ1v) is 6.43. The van der Waals surface area contributed by atoms with Gasteiger partial charge in [-0.05, 0) is 36.4 Å². The van der Waals surface area contributed by atoms with E-state index in [2.05, 4.69) is 21.2 Å². The second kappa shape index (κ2) is 5.50. The number of methoxy groups -OCH3 is 1. The van der Waals surface area contributed by atoms with Crippen molar-refractivity contribution in [2.75, 3.05) is 18.2 Å². The van der Waals surface area contributed by atoms with Crippen LogP contribution < -0.4 is 15.8 Å². The van der Waals surface area contributed by atoms with Crippen molar-refractivity contribution >= 4 is 44.6 Å². The number of nitrogens with one attached hydrogen (secondary N) is 1. The molecule has 0 aliphatic carbocycles. The number of nitrogens with two attached hydrogens (primary N) is 1. The molecular formula is C13H12BrClN2O. The molecule has 2 aromatic carbocycles. The molecule has 0 amide bonds. The minimum Gasteiger partial charge on any atom is -0.495 e. The van der Waals surface area contributed by atoms with Crippen LogP contribution >= 0.6 is 27.5 Å². The first kappa shape index (κ1) is 13.1. The fourth-order valence-electron chi connectivity index (χ4n) is 1.57. The maximum Gasteiger partial charge on any atom is 0.142 e. The van der Waals surface area contributed by atoms with Gasteiger partial charge in [0.25, 0.3) is 0 Å². The quantitative estimate of drug-likeness (QED) is 0.819. The van der Waals surface area contributed by atoms with Crippen molar-refractivity contribution in [1.82, 2.24) is 0 Å². The van der Waals surface area contributed by atoms with Gasteiger partial charge in [0.15, 0.2) is 0 Å². The van der Waals surface area contributed by atoms with Gasteiger partial charge < -0.3 is 15.8 Å². The van der Waals surface area contributed by atoms with E-state index in [-0.39, 0.29) is 0 Å². The van der Waals surface area contributed by atoms with Crippen molar-refractivity contribution in [1.29, 1.82) is 0 Å². The molecule has 5 heteroatoms. The monoisotopic (exact) mass is 326 g/mol. The van der Waals surface area contributed by atoms with Gasteiger partial charge in [0, 0.05) is 9.50 Å². The highest BCUT2D eigenvalue weighted by Gasteiger charge is 2.06. The Hall–Kier alpha value is -1.39. The lowest BCUT2D eigenvalue weighted by Crippen LogP contribution is -1.98. The summed E-state index contributed by atoms with van der Waals surface area (Å²) in [4.78, 5) is 0. The van der Waals surface area contributed by atoms with Crippen molar-refractivity contribution in [2.24, 2.45) is 0 Å². The van der Waals surface area contributed by atoms with E-state index in [0.29, 0.717) is 16.5 Å². The van der Waals surface area contributed by atoms with Crippen LogP contribution in [0.2, 0.25) is 5.02 Å². The van der Waals surface area contributed by atoms with E-state index in [1.54, 1.807) is 25.3 Å². The highest BCUT2D eigenvalue weighted by atomic mass is 79.9. The van der Waals surface area contributed by atoms with Crippen LogP contribution in [-0.2, 0) is 0 Å². The average Bonchev–Trinajstić information content (AvgIpc) is 2.33. The number of nitrogen functional groups attached to an aromatic ring is 1. The molecule has 0 aliphatic heterocycles. The molecular weight excluding hydrogens is 316 g/mol. The van der Waals surface area contributed by atoms with Gasteiger partial charge >= 0.3 is 0 Å². The third-order valence-electron chi connectivity index (χ3n) is 2.44. The number of rotatable bonds is 3. The Labute approximate surface area is 119 Å². The molecule has 0 saturated carbocycles. The van der Waals surface area contributed by atoms with Crippen LogP contribution in [0.15, 0.2) is 40.9 Å². The van der Waals surface area contributed by atoms with Crippen LogP contribution in [0.3, 0.4) is 0 Å². The molecule has 0 heterocycles. The molecule has 3 nitrogen and oxygen atoms in total. The predicted octanol–water partition coefficient (Wildman–Crippen LogP) is 4.44. The molecule has 0 spiro atoms. The maximum absolute atomic E-state index is 5.97. The third kappa shape index (κ3) is 2.89. The summed E-state index contributed by atoms with van der Waals surface area (Å²) in [5.41, 5.74) is 8.16. The second-order valence-corrected chi connectivity index (χ2v) is 5.05. The van der Waals surface area contributed by atoms with Crippen LogP contribution in [0.1, 0.15) is 0 Å². The van der Waals surface area contributed by atoms with Gasteiger partial charge in [-0.1, -0.05) is 27.5 Å². The topological polar surface area (TPSA) is 47.3 Å². The van der Waals surface area contributed by atoms with Crippen molar-refractivity contribution in [3.63, 3.8) is 0 Å². The van der Waals surface area contributed by atoms with E-state index in [4.69, 9.17) is 22.1 Å². The molecule has 0 atom stereocenters. The largest absolute Gasteiger partial charge is 0.495 e. The minimum absolute atomic E-state index is 0.633. The van der Waals surface area contributed by atoms with Crippen molar-refractivity contribution in [3.8, 4) is 5.75 Å². The lowest BCUT2D eigenvalue weighted by molar-refractivity contribution is 0.417. The lowest BCUT2D eigenvalue weighted by Gasteiger charge is -2.13. The zero-order valence-electron chi connectivity index (χ0n) is 9.71. The smallest absolute Gasteiger partial charge is 0.142 e. The van der Waals surface area contributed by atoms with Gasteiger partial charge in [-0.3, -0.25) is 0 Å². The molecule has 0 radical (unpaired) electrons. The number of benzene rings is 2. The third-order valence-corrected chi connectivity index (χ3v) is 3.17. The van der Waals surface area contributed by atoms with Crippen LogP contribution in [0.25, 0.3) is 0 Å². The molecule has 18 heavy (non-hydrogen) atoms. The Kier molecular flexibility index (Phi) is 3.99. The van der Waals surface area contributed by atoms with Gasteiger partial charge in [-0.2, -0.15) is 0 Å². The molecule has 0 aliphatic rings. The lowest BCUT2D eigenvalue weighted by atomic mass is 10.2. The van der Waals surface area contributed by atoms with E-state index in [1.165, 1.54) is 0 Å². The van der Waals surface area contributed by atoms with Crippen molar-refractivity contribution in [2.45, 2.75) is 0 Å². The number of anilines is 3. The highest BCUT2D eigenvalue weighted by molar-refractivity contribution is 9.10. The standard InChI is InChI=1S/C13H12BrClN2O/c1-18-13-5-3-9(15)7-12(13)17-11-4-2-8(14)6-10(11)16/h2-7,17H,16H2,1H3. The van der Waals surface area contributed by atoms with Gasteiger partial charge in [0.05, 0.1) is 24.2 Å². The van der Waals surface area contributed by atoms with Crippen molar-refractivity contribution in [3.05, 3.63) is 45.9 Å². The Morgan fingerprint density at radius 1 is 1.17 bits per heavy atom. The molecule has 3 N–H and O–H groups in total. The Morgan fingerprint density at radius 2 is 1.94 bits per heavy atom. The fourth-order valence-corrected chi connectivity index (χ4v) is 2.12. The predicted molar refractivity (Wildman–Crippen MR) is 79.8 cm³/mol. The number of halogens is 2. The van der Waals surface area contributed by atoms with Crippen LogP contribution in [0.4, 0.5) is 17.1 Å². The van der Waals surface area contributed by atoms with E-state index in [9.17, 15) is 0 Å². The van der Waals surface area contributed by atoms with Gasteiger partial charge in [-0.25, -0.2) is 0 Å². The summed E-state index contributed by atoms with van der Waals surface area (Å²) in [5, 5.41) is 3.84. The normalized spacial score (nSPS) is 10.2. The summed E-state index contributed by atoms with van der Waals surface area (Å²) < 4.78 is 6.20. The van der Waals surface area contributed by atoms with Crippen molar-refractivity contribution < 1.29 is 4.74 Å².